The maximum absolute atomic E-state index is 14.1. The number of sulfonamides is 1. The van der Waals surface area contributed by atoms with Crippen molar-refractivity contribution in [3.8, 4) is 11.4 Å². The number of hydrogen-bond donors (Lipinski definition) is 1. The fourth-order valence-corrected chi connectivity index (χ4v) is 3.22. The molecular formula is C12H14BrFN4O2S. The molecule has 21 heavy (non-hydrogen) atoms. The molecule has 0 aliphatic carbocycles. The molecular weight excluding hydrogens is 363 g/mol. The van der Waals surface area contributed by atoms with Crippen LogP contribution in [0.3, 0.4) is 0 Å². The van der Waals surface area contributed by atoms with E-state index in [1.165, 1.54) is 16.7 Å². The van der Waals surface area contributed by atoms with Crippen LogP contribution in [0.5, 0.6) is 0 Å². The SMILES string of the molecule is CC(C)(C)n1c(-c2c(F)cccc2Br)nnc1S(N)(=O)=O. The number of nitrogens with zero attached hydrogens (tertiary/aromatic N) is 3. The van der Waals surface area contributed by atoms with Gasteiger partial charge in [-0.25, -0.2) is 17.9 Å². The Bertz CT molecular complexity index is 776. The first-order valence-electron chi connectivity index (χ1n) is 5.96. The molecule has 2 aromatic rings. The van der Waals surface area contributed by atoms with Gasteiger partial charge in [-0.1, -0.05) is 6.07 Å². The maximum atomic E-state index is 14.1. The second-order valence-electron chi connectivity index (χ2n) is 5.45. The quantitative estimate of drug-likeness (QED) is 0.869. The van der Waals surface area contributed by atoms with Crippen LogP contribution in [-0.4, -0.2) is 23.2 Å². The highest BCUT2D eigenvalue weighted by atomic mass is 79.9. The van der Waals surface area contributed by atoms with Gasteiger partial charge in [-0.05, 0) is 48.8 Å². The van der Waals surface area contributed by atoms with E-state index in [9.17, 15) is 12.8 Å². The third-order valence-corrected chi connectivity index (χ3v) is 4.18. The van der Waals surface area contributed by atoms with Gasteiger partial charge in [-0.2, -0.15) is 0 Å². The largest absolute Gasteiger partial charge is 0.291 e. The third kappa shape index (κ3) is 2.99. The lowest BCUT2D eigenvalue weighted by atomic mass is 10.1. The highest BCUT2D eigenvalue weighted by Gasteiger charge is 2.31. The summed E-state index contributed by atoms with van der Waals surface area (Å²) in [6.45, 7) is 5.26. The van der Waals surface area contributed by atoms with Gasteiger partial charge in [0, 0.05) is 10.0 Å². The first-order chi connectivity index (χ1) is 9.53. The molecule has 0 saturated heterocycles. The molecule has 0 amide bonds. The number of benzene rings is 1. The van der Waals surface area contributed by atoms with Crippen LogP contribution in [0.25, 0.3) is 11.4 Å². The number of hydrogen-bond acceptors (Lipinski definition) is 4. The Balaban J connectivity index is 2.87. The number of halogens is 2. The van der Waals surface area contributed by atoms with Crippen molar-refractivity contribution in [2.75, 3.05) is 0 Å². The second-order valence-corrected chi connectivity index (χ2v) is 7.76. The van der Waals surface area contributed by atoms with Gasteiger partial charge in [-0.3, -0.25) is 4.57 Å². The fourth-order valence-electron chi connectivity index (χ4n) is 1.93. The Kier molecular flexibility index (Phi) is 3.94. The average molecular weight is 377 g/mol. The summed E-state index contributed by atoms with van der Waals surface area (Å²) in [6.07, 6.45) is 0. The number of aromatic nitrogens is 3. The number of primary sulfonamides is 1. The monoisotopic (exact) mass is 376 g/mol. The van der Waals surface area contributed by atoms with Crippen molar-refractivity contribution in [2.24, 2.45) is 5.14 Å². The summed E-state index contributed by atoms with van der Waals surface area (Å²) < 4.78 is 39.2. The molecule has 1 heterocycles. The number of rotatable bonds is 2. The van der Waals surface area contributed by atoms with Crippen molar-refractivity contribution in [1.29, 1.82) is 0 Å². The molecule has 0 bridgehead atoms. The lowest BCUT2D eigenvalue weighted by Gasteiger charge is -2.24. The van der Waals surface area contributed by atoms with E-state index in [4.69, 9.17) is 5.14 Å². The normalized spacial score (nSPS) is 12.7. The molecule has 9 heteroatoms. The van der Waals surface area contributed by atoms with Crippen LogP contribution >= 0.6 is 15.9 Å². The fraction of sp³-hybridized carbons (Fsp3) is 0.333. The summed E-state index contributed by atoms with van der Waals surface area (Å²) in [5.41, 5.74) is -0.572. The Morgan fingerprint density at radius 1 is 1.29 bits per heavy atom. The Labute approximate surface area is 130 Å². The maximum Gasteiger partial charge on any atom is 0.273 e. The lowest BCUT2D eigenvalue weighted by Crippen LogP contribution is -2.29. The van der Waals surface area contributed by atoms with E-state index in [1.807, 2.05) is 0 Å². The van der Waals surface area contributed by atoms with Crippen LogP contribution in [0.2, 0.25) is 0 Å². The van der Waals surface area contributed by atoms with Crippen LogP contribution < -0.4 is 5.14 Å². The summed E-state index contributed by atoms with van der Waals surface area (Å²) in [6, 6.07) is 4.43. The first kappa shape index (κ1) is 16.1. The third-order valence-electron chi connectivity index (χ3n) is 2.75. The minimum Gasteiger partial charge on any atom is -0.291 e. The highest BCUT2D eigenvalue weighted by Crippen LogP contribution is 2.33. The van der Waals surface area contributed by atoms with Gasteiger partial charge < -0.3 is 0 Å². The molecule has 2 rings (SSSR count). The minimum absolute atomic E-state index is 0.0940. The van der Waals surface area contributed by atoms with Gasteiger partial charge in [-0.15, -0.1) is 10.2 Å². The van der Waals surface area contributed by atoms with E-state index >= 15 is 0 Å². The standard InChI is InChI=1S/C12H14BrFN4O2S/c1-12(2,3)18-10(16-17-11(18)21(15,19)20)9-7(13)5-4-6-8(9)14/h4-6H,1-3H3,(H2,15,19,20). The van der Waals surface area contributed by atoms with E-state index < -0.39 is 26.5 Å². The second kappa shape index (κ2) is 5.15. The van der Waals surface area contributed by atoms with Crippen LogP contribution in [0.15, 0.2) is 27.8 Å². The molecule has 0 saturated carbocycles. The lowest BCUT2D eigenvalue weighted by molar-refractivity contribution is 0.365. The number of nitrogens with two attached hydrogens (primary N) is 1. The van der Waals surface area contributed by atoms with Gasteiger partial charge >= 0.3 is 0 Å². The highest BCUT2D eigenvalue weighted by molar-refractivity contribution is 9.10. The van der Waals surface area contributed by atoms with Crippen molar-refractivity contribution in [2.45, 2.75) is 31.5 Å². The molecule has 0 unspecified atom stereocenters. The van der Waals surface area contributed by atoms with Crippen molar-refractivity contribution in [3.63, 3.8) is 0 Å². The molecule has 0 radical (unpaired) electrons. The Morgan fingerprint density at radius 2 is 1.90 bits per heavy atom. The molecule has 0 spiro atoms. The van der Waals surface area contributed by atoms with Gasteiger partial charge in [0.2, 0.25) is 0 Å². The molecule has 0 aliphatic heterocycles. The van der Waals surface area contributed by atoms with Gasteiger partial charge in [0.25, 0.3) is 15.2 Å². The predicted molar refractivity (Wildman–Crippen MR) is 79.5 cm³/mol. The molecule has 2 N–H and O–H groups in total. The van der Waals surface area contributed by atoms with E-state index in [1.54, 1.807) is 26.8 Å². The first-order valence-corrected chi connectivity index (χ1v) is 8.30. The van der Waals surface area contributed by atoms with E-state index in [-0.39, 0.29) is 11.4 Å². The molecule has 0 atom stereocenters. The van der Waals surface area contributed by atoms with Crippen molar-refractivity contribution in [1.82, 2.24) is 14.8 Å². The van der Waals surface area contributed by atoms with Crippen LogP contribution in [0, 0.1) is 5.82 Å². The van der Waals surface area contributed by atoms with Crippen molar-refractivity contribution >= 4 is 26.0 Å². The Hall–Kier alpha value is -1.32. The molecule has 114 valence electrons. The topological polar surface area (TPSA) is 90.9 Å². The van der Waals surface area contributed by atoms with E-state index in [0.717, 1.165) is 0 Å². The van der Waals surface area contributed by atoms with Crippen LogP contribution in [0.1, 0.15) is 20.8 Å². The zero-order valence-electron chi connectivity index (χ0n) is 11.6. The van der Waals surface area contributed by atoms with Gasteiger partial charge in [0.05, 0.1) is 5.56 Å². The molecule has 0 aliphatic rings. The molecule has 1 aromatic heterocycles. The summed E-state index contributed by atoms with van der Waals surface area (Å²) in [7, 11) is -4.08. The van der Waals surface area contributed by atoms with Gasteiger partial charge in [0.15, 0.2) is 5.82 Å². The smallest absolute Gasteiger partial charge is 0.273 e. The molecule has 1 aromatic carbocycles. The zero-order chi connectivity index (χ0) is 16.0. The summed E-state index contributed by atoms with van der Waals surface area (Å²) in [4.78, 5) is 0. The van der Waals surface area contributed by atoms with Crippen LogP contribution in [-0.2, 0) is 15.6 Å². The zero-order valence-corrected chi connectivity index (χ0v) is 14.0. The molecule has 6 nitrogen and oxygen atoms in total. The molecule has 0 fully saturated rings. The van der Waals surface area contributed by atoms with Crippen LogP contribution in [0.4, 0.5) is 4.39 Å². The predicted octanol–water partition coefficient (Wildman–Crippen LogP) is 2.25. The average Bonchev–Trinajstić information content (AvgIpc) is 2.72. The summed E-state index contributed by atoms with van der Waals surface area (Å²) in [5, 5.41) is 12.2. The minimum atomic E-state index is -4.08. The Morgan fingerprint density at radius 3 is 2.38 bits per heavy atom. The summed E-state index contributed by atoms with van der Waals surface area (Å²) >= 11 is 3.24. The van der Waals surface area contributed by atoms with Gasteiger partial charge in [0.1, 0.15) is 5.82 Å². The van der Waals surface area contributed by atoms with Crippen molar-refractivity contribution in [3.05, 3.63) is 28.5 Å². The summed E-state index contributed by atoms with van der Waals surface area (Å²) in [5.74, 6) is -0.445. The van der Waals surface area contributed by atoms with Crippen molar-refractivity contribution < 1.29 is 12.8 Å². The van der Waals surface area contributed by atoms with E-state index in [2.05, 4.69) is 26.1 Å². The van der Waals surface area contributed by atoms with E-state index in [0.29, 0.717) is 4.47 Å².